The van der Waals surface area contributed by atoms with E-state index in [-0.39, 0.29) is 17.0 Å². The molecule has 7 nitrogen and oxygen atoms in total. The number of primary amides is 1. The van der Waals surface area contributed by atoms with Crippen molar-refractivity contribution in [2.75, 3.05) is 30.6 Å². The number of hydrogen-bond acceptors (Lipinski definition) is 6. The van der Waals surface area contributed by atoms with Crippen molar-refractivity contribution < 1.29 is 17.9 Å². The van der Waals surface area contributed by atoms with Crippen LogP contribution >= 0.6 is 11.3 Å². The van der Waals surface area contributed by atoms with E-state index in [1.807, 2.05) is 41.8 Å². The number of benzene rings is 2. The Morgan fingerprint density at radius 3 is 2.31 bits per heavy atom. The molecule has 2 N–H and O–H groups in total. The zero-order valence-corrected chi connectivity index (χ0v) is 19.1. The molecule has 32 heavy (non-hydrogen) atoms. The Hall–Kier alpha value is -2.72. The standard InChI is InChI=1S/C23H25N3O4S2/c24-23(27)19-5-9-22(10-6-19)32(28,29)26(17-21-2-1-15-31-21)20-7-3-18(4-8-20)16-25-11-13-30-14-12-25/h1-10,15H,11-14,16-17H2,(H2,24,27). The third-order valence-corrected chi connectivity index (χ3v) is 7.99. The highest BCUT2D eigenvalue weighted by atomic mass is 32.2. The molecular weight excluding hydrogens is 446 g/mol. The monoisotopic (exact) mass is 471 g/mol. The molecule has 2 aromatic carbocycles. The predicted molar refractivity (Wildman–Crippen MR) is 125 cm³/mol. The Balaban J connectivity index is 1.62. The number of sulfonamides is 1. The Kier molecular flexibility index (Phi) is 6.90. The average Bonchev–Trinajstić information content (AvgIpc) is 3.32. The molecule has 0 spiro atoms. The molecule has 1 amide bonds. The van der Waals surface area contributed by atoms with E-state index >= 15 is 0 Å². The van der Waals surface area contributed by atoms with Crippen molar-refractivity contribution in [1.82, 2.24) is 4.90 Å². The van der Waals surface area contributed by atoms with Gasteiger partial charge in [-0.05, 0) is 53.4 Å². The first kappa shape index (κ1) is 22.5. The second-order valence-corrected chi connectivity index (χ2v) is 10.4. The molecule has 1 aliphatic heterocycles. The van der Waals surface area contributed by atoms with Crippen LogP contribution in [0.5, 0.6) is 0 Å². The number of nitrogens with zero attached hydrogens (tertiary/aromatic N) is 2. The molecule has 1 aliphatic rings. The van der Waals surface area contributed by atoms with E-state index in [1.165, 1.54) is 39.9 Å². The van der Waals surface area contributed by atoms with E-state index in [1.54, 1.807) is 0 Å². The third-order valence-electron chi connectivity index (χ3n) is 5.34. The molecule has 2 heterocycles. The lowest BCUT2D eigenvalue weighted by Crippen LogP contribution is -2.35. The number of thiophene rings is 1. The Morgan fingerprint density at radius 2 is 1.72 bits per heavy atom. The summed E-state index contributed by atoms with van der Waals surface area (Å²) < 4.78 is 33.9. The van der Waals surface area contributed by atoms with Gasteiger partial charge in [0.2, 0.25) is 5.91 Å². The quantitative estimate of drug-likeness (QED) is 0.545. The molecule has 168 valence electrons. The van der Waals surface area contributed by atoms with Crippen molar-refractivity contribution in [3.8, 4) is 0 Å². The highest BCUT2D eigenvalue weighted by Crippen LogP contribution is 2.28. The molecule has 0 radical (unpaired) electrons. The summed E-state index contributed by atoms with van der Waals surface area (Å²) in [5, 5.41) is 1.92. The van der Waals surface area contributed by atoms with Gasteiger partial charge in [-0.2, -0.15) is 0 Å². The van der Waals surface area contributed by atoms with Crippen LogP contribution in [0.3, 0.4) is 0 Å². The summed E-state index contributed by atoms with van der Waals surface area (Å²) in [4.78, 5) is 14.7. The van der Waals surface area contributed by atoms with Gasteiger partial charge in [0.15, 0.2) is 0 Å². The molecular formula is C23H25N3O4S2. The van der Waals surface area contributed by atoms with Gasteiger partial charge in [-0.3, -0.25) is 14.0 Å². The van der Waals surface area contributed by atoms with Gasteiger partial charge in [0.25, 0.3) is 10.0 Å². The lowest BCUT2D eigenvalue weighted by Gasteiger charge is -2.27. The number of carbonyl (C=O) groups is 1. The lowest BCUT2D eigenvalue weighted by atomic mass is 10.2. The normalized spacial score (nSPS) is 14.9. The van der Waals surface area contributed by atoms with E-state index in [4.69, 9.17) is 10.5 Å². The predicted octanol–water partition coefficient (Wildman–Crippen LogP) is 3.07. The van der Waals surface area contributed by atoms with Crippen LogP contribution in [0.4, 0.5) is 5.69 Å². The number of amides is 1. The van der Waals surface area contributed by atoms with Crippen molar-refractivity contribution in [1.29, 1.82) is 0 Å². The van der Waals surface area contributed by atoms with Crippen molar-refractivity contribution >= 4 is 33.0 Å². The maximum Gasteiger partial charge on any atom is 0.264 e. The number of hydrogen-bond donors (Lipinski definition) is 1. The third kappa shape index (κ3) is 5.18. The number of anilines is 1. The summed E-state index contributed by atoms with van der Waals surface area (Å²) in [6, 6.07) is 17.2. The van der Waals surface area contributed by atoms with Gasteiger partial charge >= 0.3 is 0 Å². The molecule has 0 aliphatic carbocycles. The first-order valence-corrected chi connectivity index (χ1v) is 12.6. The second-order valence-electron chi connectivity index (χ2n) is 7.53. The van der Waals surface area contributed by atoms with Crippen molar-refractivity contribution in [3.63, 3.8) is 0 Å². The first-order valence-electron chi connectivity index (χ1n) is 10.3. The van der Waals surface area contributed by atoms with Gasteiger partial charge in [0, 0.05) is 30.1 Å². The largest absolute Gasteiger partial charge is 0.379 e. The van der Waals surface area contributed by atoms with Gasteiger partial charge in [-0.15, -0.1) is 11.3 Å². The molecule has 1 aromatic heterocycles. The number of rotatable bonds is 8. The van der Waals surface area contributed by atoms with Crippen molar-refractivity contribution in [2.24, 2.45) is 5.73 Å². The number of morpholine rings is 1. The molecule has 4 rings (SSSR count). The first-order chi connectivity index (χ1) is 15.4. The molecule has 0 saturated carbocycles. The van der Waals surface area contributed by atoms with Crippen LogP contribution in [0.2, 0.25) is 0 Å². The van der Waals surface area contributed by atoms with Crippen LogP contribution in [-0.4, -0.2) is 45.5 Å². The summed E-state index contributed by atoms with van der Waals surface area (Å²) in [5.74, 6) is -0.597. The van der Waals surface area contributed by atoms with E-state index in [9.17, 15) is 13.2 Å². The van der Waals surface area contributed by atoms with E-state index < -0.39 is 15.9 Å². The zero-order chi connectivity index (χ0) is 22.6. The maximum absolute atomic E-state index is 13.5. The van der Waals surface area contributed by atoms with Crippen LogP contribution in [-0.2, 0) is 27.8 Å². The minimum Gasteiger partial charge on any atom is -0.379 e. The molecule has 3 aromatic rings. The van der Waals surface area contributed by atoms with Crippen LogP contribution < -0.4 is 10.0 Å². The van der Waals surface area contributed by atoms with Gasteiger partial charge in [-0.25, -0.2) is 8.42 Å². The topological polar surface area (TPSA) is 92.9 Å². The Bertz CT molecular complexity index is 1140. The fourth-order valence-electron chi connectivity index (χ4n) is 3.56. The van der Waals surface area contributed by atoms with Gasteiger partial charge in [0.05, 0.1) is 30.3 Å². The fourth-order valence-corrected chi connectivity index (χ4v) is 5.78. The highest BCUT2D eigenvalue weighted by molar-refractivity contribution is 7.92. The van der Waals surface area contributed by atoms with E-state index in [2.05, 4.69) is 4.90 Å². The highest BCUT2D eigenvalue weighted by Gasteiger charge is 2.26. The SMILES string of the molecule is NC(=O)c1ccc(S(=O)(=O)N(Cc2cccs2)c2ccc(CN3CCOCC3)cc2)cc1. The number of ether oxygens (including phenoxy) is 1. The summed E-state index contributed by atoms with van der Waals surface area (Å²) >= 11 is 1.50. The Morgan fingerprint density at radius 1 is 1.03 bits per heavy atom. The van der Waals surface area contributed by atoms with E-state index in [0.717, 1.165) is 43.3 Å². The smallest absolute Gasteiger partial charge is 0.264 e. The van der Waals surface area contributed by atoms with E-state index in [0.29, 0.717) is 5.69 Å². The van der Waals surface area contributed by atoms with Gasteiger partial charge in [-0.1, -0.05) is 18.2 Å². The molecule has 0 atom stereocenters. The molecule has 0 unspecified atom stereocenters. The van der Waals surface area contributed by atoms with Crippen LogP contribution in [0.1, 0.15) is 20.8 Å². The zero-order valence-electron chi connectivity index (χ0n) is 17.5. The summed E-state index contributed by atoms with van der Waals surface area (Å²) in [6.07, 6.45) is 0. The Labute approximate surface area is 192 Å². The number of carbonyl (C=O) groups excluding carboxylic acids is 1. The average molecular weight is 472 g/mol. The van der Waals surface area contributed by atoms with Crippen LogP contribution in [0.15, 0.2) is 70.9 Å². The number of nitrogens with two attached hydrogens (primary N) is 1. The van der Waals surface area contributed by atoms with Gasteiger partial charge < -0.3 is 10.5 Å². The molecule has 0 bridgehead atoms. The molecule has 9 heteroatoms. The summed E-state index contributed by atoms with van der Waals surface area (Å²) in [5.41, 5.74) is 7.26. The van der Waals surface area contributed by atoms with Gasteiger partial charge in [0.1, 0.15) is 0 Å². The molecule has 1 saturated heterocycles. The van der Waals surface area contributed by atoms with Crippen LogP contribution in [0.25, 0.3) is 0 Å². The lowest BCUT2D eigenvalue weighted by molar-refractivity contribution is 0.0342. The maximum atomic E-state index is 13.5. The fraction of sp³-hybridized carbons (Fsp3) is 0.261. The minimum atomic E-state index is -3.85. The van der Waals surface area contributed by atoms with Crippen molar-refractivity contribution in [3.05, 3.63) is 82.0 Å². The summed E-state index contributed by atoms with van der Waals surface area (Å²) in [7, 11) is -3.85. The second kappa shape index (κ2) is 9.83. The molecule has 1 fully saturated rings. The van der Waals surface area contributed by atoms with Crippen LogP contribution in [0, 0.1) is 0 Å². The van der Waals surface area contributed by atoms with Crippen molar-refractivity contribution in [2.45, 2.75) is 18.0 Å². The minimum absolute atomic E-state index is 0.108. The summed E-state index contributed by atoms with van der Waals surface area (Å²) in [6.45, 7) is 4.28.